The molecule has 1 aromatic carbocycles. The molecule has 4 rings (SSSR count). The molecule has 0 radical (unpaired) electrons. The number of carbonyl (C=O) groups is 2. The highest BCUT2D eigenvalue weighted by Gasteiger charge is 2.31. The maximum Gasteiger partial charge on any atom is 0.266 e. The van der Waals surface area contributed by atoms with Crippen molar-refractivity contribution in [2.45, 2.75) is 50.6 Å². The van der Waals surface area contributed by atoms with E-state index in [-0.39, 0.29) is 23.8 Å². The van der Waals surface area contributed by atoms with Gasteiger partial charge in [-0.3, -0.25) is 9.59 Å². The molecule has 7 heteroatoms. The number of rotatable bonds is 4. The molecular formula is C18H21N3O3S. The van der Waals surface area contributed by atoms with Crippen molar-refractivity contribution in [1.82, 2.24) is 15.6 Å². The monoisotopic (exact) mass is 359 g/mol. The van der Waals surface area contributed by atoms with Crippen LogP contribution in [0.5, 0.6) is 0 Å². The first-order valence-electron chi connectivity index (χ1n) is 8.82. The highest BCUT2D eigenvalue weighted by Crippen LogP contribution is 2.27. The molecule has 0 unspecified atom stereocenters. The second kappa shape index (κ2) is 6.63. The Hall–Kier alpha value is -2.15. The second-order valence-electron chi connectivity index (χ2n) is 7.04. The largest absolute Gasteiger partial charge is 0.429 e. The van der Waals surface area contributed by atoms with E-state index in [9.17, 15) is 9.59 Å². The number of hydrogen-bond donors (Lipinski definition) is 3. The molecule has 0 saturated heterocycles. The normalized spacial score (nSPS) is 23.4. The Morgan fingerprint density at radius 2 is 1.96 bits per heavy atom. The van der Waals surface area contributed by atoms with Gasteiger partial charge in [-0.25, -0.2) is 0 Å². The Kier molecular flexibility index (Phi) is 4.33. The van der Waals surface area contributed by atoms with Gasteiger partial charge in [0.2, 0.25) is 5.91 Å². The number of benzene rings is 1. The van der Waals surface area contributed by atoms with E-state index in [0.29, 0.717) is 28.4 Å². The lowest BCUT2D eigenvalue weighted by Crippen LogP contribution is -2.42. The van der Waals surface area contributed by atoms with E-state index in [1.54, 1.807) is 18.2 Å². The fraction of sp³-hybridized carbons (Fsp3) is 0.500. The van der Waals surface area contributed by atoms with E-state index >= 15 is 0 Å². The van der Waals surface area contributed by atoms with Crippen LogP contribution < -0.4 is 10.6 Å². The predicted octanol–water partition coefficient (Wildman–Crippen LogP) is 3.06. The zero-order chi connectivity index (χ0) is 17.4. The number of oxazole rings is 1. The summed E-state index contributed by atoms with van der Waals surface area (Å²) in [6.45, 7) is 0. The van der Waals surface area contributed by atoms with Crippen LogP contribution in [0, 0.1) is 10.8 Å². The van der Waals surface area contributed by atoms with E-state index < -0.39 is 0 Å². The molecule has 2 fully saturated rings. The minimum Gasteiger partial charge on any atom is -0.429 e. The molecule has 0 spiro atoms. The van der Waals surface area contributed by atoms with Gasteiger partial charge in [-0.05, 0) is 62.5 Å². The summed E-state index contributed by atoms with van der Waals surface area (Å²) in [6, 6.07) is 5.64. The van der Waals surface area contributed by atoms with Crippen molar-refractivity contribution >= 4 is 35.1 Å². The fourth-order valence-corrected chi connectivity index (χ4v) is 3.66. The number of amides is 2. The number of carbonyl (C=O) groups excluding carboxylic acids is 2. The summed E-state index contributed by atoms with van der Waals surface area (Å²) in [7, 11) is 0. The average molecular weight is 359 g/mol. The molecule has 1 heterocycles. The van der Waals surface area contributed by atoms with Gasteiger partial charge < -0.3 is 20.0 Å². The third-order valence-corrected chi connectivity index (χ3v) is 5.17. The van der Waals surface area contributed by atoms with E-state index in [1.807, 2.05) is 0 Å². The Labute approximate surface area is 150 Å². The van der Waals surface area contributed by atoms with Crippen LogP contribution >= 0.6 is 12.2 Å². The molecule has 1 aromatic heterocycles. The number of nitrogens with one attached hydrogen (secondary N) is 3. The number of H-pyrrole nitrogens is 1. The van der Waals surface area contributed by atoms with Gasteiger partial charge in [0.05, 0.1) is 5.52 Å². The zero-order valence-corrected chi connectivity index (χ0v) is 14.7. The van der Waals surface area contributed by atoms with Crippen molar-refractivity contribution in [3.8, 4) is 0 Å². The Balaban J connectivity index is 1.40. The molecule has 2 saturated carbocycles. The van der Waals surface area contributed by atoms with Crippen LogP contribution in [0.25, 0.3) is 11.1 Å². The maximum absolute atomic E-state index is 12.5. The van der Waals surface area contributed by atoms with Crippen molar-refractivity contribution in [1.29, 1.82) is 0 Å². The van der Waals surface area contributed by atoms with Gasteiger partial charge in [0, 0.05) is 23.6 Å². The lowest BCUT2D eigenvalue weighted by atomic mass is 9.85. The highest BCUT2D eigenvalue weighted by atomic mass is 32.1. The Morgan fingerprint density at radius 3 is 2.76 bits per heavy atom. The molecule has 0 aliphatic heterocycles. The van der Waals surface area contributed by atoms with Gasteiger partial charge in [0.15, 0.2) is 5.58 Å². The number of aromatic amines is 1. The molecular weight excluding hydrogens is 338 g/mol. The summed E-state index contributed by atoms with van der Waals surface area (Å²) in [5, 5.41) is 6.14. The summed E-state index contributed by atoms with van der Waals surface area (Å²) in [4.78, 5) is 28.0. The molecule has 0 bridgehead atoms. The van der Waals surface area contributed by atoms with Gasteiger partial charge in [-0.15, -0.1) is 0 Å². The summed E-state index contributed by atoms with van der Waals surface area (Å²) in [5.74, 6) is 0.00835. The minimum absolute atomic E-state index is 0.00424. The van der Waals surface area contributed by atoms with Crippen LogP contribution in [0.1, 0.15) is 48.9 Å². The first-order valence-corrected chi connectivity index (χ1v) is 9.23. The topological polar surface area (TPSA) is 87.1 Å². The van der Waals surface area contributed by atoms with Crippen LogP contribution in [0.4, 0.5) is 0 Å². The van der Waals surface area contributed by atoms with Gasteiger partial charge in [0.25, 0.3) is 10.7 Å². The van der Waals surface area contributed by atoms with Crippen LogP contribution in [-0.2, 0) is 4.79 Å². The quantitative estimate of drug-likeness (QED) is 0.732. The van der Waals surface area contributed by atoms with Crippen molar-refractivity contribution in [2.24, 2.45) is 5.92 Å². The lowest BCUT2D eigenvalue weighted by molar-refractivity contribution is -0.126. The third kappa shape index (κ3) is 3.76. The molecule has 2 aliphatic rings. The smallest absolute Gasteiger partial charge is 0.266 e. The summed E-state index contributed by atoms with van der Waals surface area (Å²) >= 11 is 4.96. The second-order valence-corrected chi connectivity index (χ2v) is 7.41. The molecule has 6 nitrogen and oxygen atoms in total. The van der Waals surface area contributed by atoms with Crippen LogP contribution in [0.15, 0.2) is 22.6 Å². The standard InChI is InChI=1S/C18H21N3O3S/c22-16(19-12-5-6-12)10-2-1-3-13(8-10)20-17(23)11-4-7-14-15(9-11)24-18(25)21-14/h4,7,9-10,12-13H,1-3,5-6,8H2,(H,19,22)(H,20,23)(H,21,25)/t10-,13-/m1/s1. The highest BCUT2D eigenvalue weighted by molar-refractivity contribution is 7.71. The molecule has 3 N–H and O–H groups in total. The lowest BCUT2D eigenvalue weighted by Gasteiger charge is -2.29. The van der Waals surface area contributed by atoms with Crippen molar-refractivity contribution in [2.75, 3.05) is 0 Å². The summed E-state index contributed by atoms with van der Waals surface area (Å²) < 4.78 is 5.37. The van der Waals surface area contributed by atoms with Crippen molar-refractivity contribution in [3.05, 3.63) is 28.6 Å². The van der Waals surface area contributed by atoms with Crippen molar-refractivity contribution in [3.63, 3.8) is 0 Å². The molecule has 132 valence electrons. The number of fused-ring (bicyclic) bond motifs is 1. The maximum atomic E-state index is 12.5. The Morgan fingerprint density at radius 1 is 1.12 bits per heavy atom. The molecule has 2 amide bonds. The molecule has 2 aromatic rings. The Bertz CT molecular complexity index is 868. The zero-order valence-electron chi connectivity index (χ0n) is 13.8. The van der Waals surface area contributed by atoms with Crippen molar-refractivity contribution < 1.29 is 14.0 Å². The minimum atomic E-state index is -0.141. The van der Waals surface area contributed by atoms with Gasteiger partial charge >= 0.3 is 0 Å². The summed E-state index contributed by atoms with van der Waals surface area (Å²) in [5.41, 5.74) is 1.88. The summed E-state index contributed by atoms with van der Waals surface area (Å²) in [6.07, 6.45) is 5.66. The molecule has 2 aliphatic carbocycles. The first kappa shape index (κ1) is 16.3. The number of hydrogen-bond acceptors (Lipinski definition) is 4. The van der Waals surface area contributed by atoms with E-state index in [4.69, 9.17) is 16.6 Å². The number of aromatic nitrogens is 1. The predicted molar refractivity (Wildman–Crippen MR) is 95.8 cm³/mol. The average Bonchev–Trinajstić information content (AvgIpc) is 3.32. The fourth-order valence-electron chi connectivity index (χ4n) is 3.46. The van der Waals surface area contributed by atoms with E-state index in [2.05, 4.69) is 15.6 Å². The molecule has 2 atom stereocenters. The van der Waals surface area contributed by atoms with E-state index in [0.717, 1.165) is 37.6 Å². The SMILES string of the molecule is O=C(N[C@@H]1CCC[C@@H](C(=O)NC2CC2)C1)c1ccc2[nH]c(=S)oc2c1. The van der Waals surface area contributed by atoms with Gasteiger partial charge in [-0.1, -0.05) is 6.42 Å². The van der Waals surface area contributed by atoms with Gasteiger partial charge in [-0.2, -0.15) is 0 Å². The van der Waals surface area contributed by atoms with Crippen LogP contribution in [0.3, 0.4) is 0 Å². The van der Waals surface area contributed by atoms with E-state index in [1.165, 1.54) is 0 Å². The first-order chi connectivity index (χ1) is 12.1. The van der Waals surface area contributed by atoms with Gasteiger partial charge in [0.1, 0.15) is 0 Å². The van der Waals surface area contributed by atoms with Crippen LogP contribution in [0.2, 0.25) is 0 Å². The van der Waals surface area contributed by atoms with Crippen LogP contribution in [-0.4, -0.2) is 28.9 Å². The molecule has 25 heavy (non-hydrogen) atoms. The third-order valence-electron chi connectivity index (χ3n) is 4.99.